The van der Waals surface area contributed by atoms with E-state index in [9.17, 15) is 4.79 Å². The molecule has 1 aliphatic rings. The highest BCUT2D eigenvalue weighted by molar-refractivity contribution is 9.10. The Bertz CT molecular complexity index is 384. The van der Waals surface area contributed by atoms with Crippen molar-refractivity contribution in [3.63, 3.8) is 0 Å². The van der Waals surface area contributed by atoms with Crippen molar-refractivity contribution in [2.75, 3.05) is 26.7 Å². The molecular formula is C12H17BrN2O2. The van der Waals surface area contributed by atoms with Gasteiger partial charge in [0.2, 0.25) is 0 Å². The Morgan fingerprint density at radius 2 is 2.29 bits per heavy atom. The molecule has 0 saturated carbocycles. The molecule has 4 nitrogen and oxygen atoms in total. The van der Waals surface area contributed by atoms with Crippen LogP contribution < -0.4 is 5.32 Å². The topological polar surface area (TPSA) is 45.5 Å². The Labute approximate surface area is 109 Å². The van der Waals surface area contributed by atoms with Gasteiger partial charge in [0.1, 0.15) is 0 Å². The molecule has 1 N–H and O–H groups in total. The van der Waals surface area contributed by atoms with Gasteiger partial charge in [-0.1, -0.05) is 0 Å². The summed E-state index contributed by atoms with van der Waals surface area (Å²) in [6.07, 6.45) is 3.68. The van der Waals surface area contributed by atoms with E-state index in [2.05, 4.69) is 21.2 Å². The van der Waals surface area contributed by atoms with Crippen molar-refractivity contribution >= 4 is 21.8 Å². The molecule has 0 spiro atoms. The predicted octanol–water partition coefficient (Wildman–Crippen LogP) is 2.11. The van der Waals surface area contributed by atoms with Crippen molar-refractivity contribution in [2.24, 2.45) is 5.92 Å². The van der Waals surface area contributed by atoms with Crippen molar-refractivity contribution in [1.82, 2.24) is 10.2 Å². The second-order valence-electron chi connectivity index (χ2n) is 4.40. The van der Waals surface area contributed by atoms with Crippen LogP contribution in [0.5, 0.6) is 0 Å². The maximum atomic E-state index is 12.2. The lowest BCUT2D eigenvalue weighted by Crippen LogP contribution is -2.40. The molecule has 1 aromatic rings. The third-order valence-electron chi connectivity index (χ3n) is 3.24. The molecular weight excluding hydrogens is 284 g/mol. The van der Waals surface area contributed by atoms with Crippen LogP contribution in [0.3, 0.4) is 0 Å². The number of likely N-dealkylation sites (tertiary alicyclic amines) is 1. The molecule has 0 atom stereocenters. The van der Waals surface area contributed by atoms with E-state index in [1.54, 1.807) is 6.07 Å². The van der Waals surface area contributed by atoms with E-state index in [1.807, 2.05) is 11.9 Å². The van der Waals surface area contributed by atoms with Gasteiger partial charge in [-0.05, 0) is 54.3 Å². The van der Waals surface area contributed by atoms with E-state index in [1.165, 1.54) is 6.26 Å². The number of furan rings is 1. The van der Waals surface area contributed by atoms with Crippen LogP contribution in [-0.4, -0.2) is 37.5 Å². The monoisotopic (exact) mass is 300 g/mol. The summed E-state index contributed by atoms with van der Waals surface area (Å²) in [5.41, 5.74) is 0.622. The largest absolute Gasteiger partial charge is 0.457 e. The summed E-state index contributed by atoms with van der Waals surface area (Å²) >= 11 is 3.25. The van der Waals surface area contributed by atoms with Crippen LogP contribution in [-0.2, 0) is 0 Å². The fourth-order valence-corrected chi connectivity index (χ4v) is 2.66. The molecule has 5 heteroatoms. The zero-order chi connectivity index (χ0) is 12.3. The van der Waals surface area contributed by atoms with Gasteiger partial charge in [0.15, 0.2) is 4.67 Å². The molecule has 0 aromatic carbocycles. The molecule has 1 aliphatic heterocycles. The molecule has 1 amide bonds. The number of amides is 1. The third-order valence-corrected chi connectivity index (χ3v) is 3.86. The Hall–Kier alpha value is -0.810. The maximum absolute atomic E-state index is 12.2. The quantitative estimate of drug-likeness (QED) is 0.930. The summed E-state index contributed by atoms with van der Waals surface area (Å²) in [6, 6.07) is 1.71. The summed E-state index contributed by atoms with van der Waals surface area (Å²) < 4.78 is 5.62. The standard InChI is InChI=1S/C12H17BrN2O2/c1-14-8-9-2-5-15(6-3-9)12(16)10-4-7-17-11(10)13/h4,7,9,14H,2-3,5-6,8H2,1H3. The number of halogens is 1. The van der Waals surface area contributed by atoms with E-state index < -0.39 is 0 Å². The highest BCUT2D eigenvalue weighted by atomic mass is 79.9. The first kappa shape index (κ1) is 12.6. The Kier molecular flexibility index (Phi) is 4.23. The van der Waals surface area contributed by atoms with Gasteiger partial charge in [0.25, 0.3) is 5.91 Å². The molecule has 0 aliphatic carbocycles. The van der Waals surface area contributed by atoms with Crippen LogP contribution in [0.25, 0.3) is 0 Å². The van der Waals surface area contributed by atoms with E-state index in [-0.39, 0.29) is 5.91 Å². The Morgan fingerprint density at radius 1 is 1.59 bits per heavy atom. The Balaban J connectivity index is 1.93. The predicted molar refractivity (Wildman–Crippen MR) is 69.0 cm³/mol. The number of piperidine rings is 1. The zero-order valence-electron chi connectivity index (χ0n) is 9.91. The lowest BCUT2D eigenvalue weighted by molar-refractivity contribution is 0.0689. The van der Waals surface area contributed by atoms with Crippen molar-refractivity contribution in [2.45, 2.75) is 12.8 Å². The van der Waals surface area contributed by atoms with Gasteiger partial charge in [-0.3, -0.25) is 4.79 Å². The second-order valence-corrected chi connectivity index (χ2v) is 5.12. The molecule has 94 valence electrons. The number of rotatable bonds is 3. The van der Waals surface area contributed by atoms with Crippen LogP contribution >= 0.6 is 15.9 Å². The lowest BCUT2D eigenvalue weighted by atomic mass is 9.96. The molecule has 1 fully saturated rings. The van der Waals surface area contributed by atoms with Gasteiger partial charge in [0.05, 0.1) is 11.8 Å². The number of hydrogen-bond acceptors (Lipinski definition) is 3. The molecule has 17 heavy (non-hydrogen) atoms. The summed E-state index contributed by atoms with van der Waals surface area (Å²) in [5, 5.41) is 3.19. The molecule has 2 heterocycles. The first-order valence-corrected chi connectivity index (χ1v) is 6.68. The minimum absolute atomic E-state index is 0.0635. The van der Waals surface area contributed by atoms with Crippen LogP contribution in [0, 0.1) is 5.92 Å². The van der Waals surface area contributed by atoms with Gasteiger partial charge in [0, 0.05) is 13.1 Å². The molecule has 2 rings (SSSR count). The second kappa shape index (κ2) is 5.69. The van der Waals surface area contributed by atoms with Gasteiger partial charge in [-0.15, -0.1) is 0 Å². The van der Waals surface area contributed by atoms with Crippen LogP contribution in [0.4, 0.5) is 0 Å². The van der Waals surface area contributed by atoms with E-state index in [0.29, 0.717) is 16.2 Å². The van der Waals surface area contributed by atoms with E-state index in [4.69, 9.17) is 4.42 Å². The first-order valence-electron chi connectivity index (χ1n) is 5.89. The van der Waals surface area contributed by atoms with Crippen molar-refractivity contribution in [3.8, 4) is 0 Å². The van der Waals surface area contributed by atoms with Gasteiger partial charge < -0.3 is 14.6 Å². The summed E-state index contributed by atoms with van der Waals surface area (Å²) in [6.45, 7) is 2.71. The minimum Gasteiger partial charge on any atom is -0.457 e. The summed E-state index contributed by atoms with van der Waals surface area (Å²) in [7, 11) is 1.97. The number of nitrogens with zero attached hydrogens (tertiary/aromatic N) is 1. The molecule has 0 radical (unpaired) electrons. The first-order chi connectivity index (χ1) is 8.22. The normalized spacial score (nSPS) is 17.4. The van der Waals surface area contributed by atoms with Gasteiger partial charge in [-0.2, -0.15) is 0 Å². The van der Waals surface area contributed by atoms with Crippen molar-refractivity contribution in [3.05, 3.63) is 22.6 Å². The van der Waals surface area contributed by atoms with Crippen molar-refractivity contribution < 1.29 is 9.21 Å². The number of carbonyl (C=O) groups excluding carboxylic acids is 1. The highest BCUT2D eigenvalue weighted by Gasteiger charge is 2.25. The minimum atomic E-state index is 0.0635. The van der Waals surface area contributed by atoms with Crippen LogP contribution in [0.1, 0.15) is 23.2 Å². The van der Waals surface area contributed by atoms with Gasteiger partial charge in [-0.25, -0.2) is 0 Å². The Morgan fingerprint density at radius 3 is 2.82 bits per heavy atom. The van der Waals surface area contributed by atoms with Crippen molar-refractivity contribution in [1.29, 1.82) is 0 Å². The zero-order valence-corrected chi connectivity index (χ0v) is 11.5. The van der Waals surface area contributed by atoms with E-state index >= 15 is 0 Å². The molecule has 1 aromatic heterocycles. The molecule has 0 bridgehead atoms. The smallest absolute Gasteiger partial charge is 0.258 e. The van der Waals surface area contributed by atoms with Crippen LogP contribution in [0.15, 0.2) is 21.4 Å². The molecule has 0 unspecified atom stereocenters. The maximum Gasteiger partial charge on any atom is 0.258 e. The van der Waals surface area contributed by atoms with Gasteiger partial charge >= 0.3 is 0 Å². The number of nitrogens with one attached hydrogen (secondary N) is 1. The van der Waals surface area contributed by atoms with Crippen LogP contribution in [0.2, 0.25) is 0 Å². The number of hydrogen-bond donors (Lipinski definition) is 1. The summed E-state index contributed by atoms with van der Waals surface area (Å²) in [4.78, 5) is 14.1. The SMILES string of the molecule is CNCC1CCN(C(=O)c2ccoc2Br)CC1. The average molecular weight is 301 g/mol. The summed E-state index contributed by atoms with van der Waals surface area (Å²) in [5.74, 6) is 0.755. The fraction of sp³-hybridized carbons (Fsp3) is 0.583. The number of carbonyl (C=O) groups is 1. The highest BCUT2D eigenvalue weighted by Crippen LogP contribution is 2.23. The molecule has 1 saturated heterocycles. The fourth-order valence-electron chi connectivity index (χ4n) is 2.25. The van der Waals surface area contributed by atoms with E-state index in [0.717, 1.165) is 32.5 Å². The third kappa shape index (κ3) is 2.90. The average Bonchev–Trinajstić information content (AvgIpc) is 2.76. The lowest BCUT2D eigenvalue weighted by Gasteiger charge is -2.31.